The first-order valence-electron chi connectivity index (χ1n) is 7.07. The Bertz CT molecular complexity index is 466. The number of amides is 1. The summed E-state index contributed by atoms with van der Waals surface area (Å²) in [6.07, 6.45) is 0.611. The van der Waals surface area contributed by atoms with Gasteiger partial charge in [0.1, 0.15) is 5.60 Å². The van der Waals surface area contributed by atoms with Crippen LogP contribution in [-0.2, 0) is 20.7 Å². The summed E-state index contributed by atoms with van der Waals surface area (Å²) >= 11 is 0. The molecule has 0 saturated heterocycles. The highest BCUT2D eigenvalue weighted by Crippen LogP contribution is 2.07. The normalized spacial score (nSPS) is 12.6. The standard InChI is InChI=1S/C16H24N2O3/c1-16(2,3)21-14(19)9-10-18-15(20)13(17)11-12-7-5-4-6-8-12/h4-8,13H,9-11,17H2,1-3H3,(H,18,20)/t13-/m0/s1. The molecule has 3 N–H and O–H groups in total. The molecule has 0 aliphatic carbocycles. The zero-order valence-electron chi connectivity index (χ0n) is 12.9. The van der Waals surface area contributed by atoms with Gasteiger partial charge in [0.25, 0.3) is 0 Å². The number of benzene rings is 1. The lowest BCUT2D eigenvalue weighted by Crippen LogP contribution is -2.42. The molecule has 5 heteroatoms. The second-order valence-electron chi connectivity index (χ2n) is 5.92. The molecule has 1 amide bonds. The van der Waals surface area contributed by atoms with Gasteiger partial charge in [0.2, 0.25) is 5.91 Å². The Labute approximate surface area is 125 Å². The van der Waals surface area contributed by atoms with Gasteiger partial charge >= 0.3 is 5.97 Å². The second kappa shape index (κ2) is 7.78. The quantitative estimate of drug-likeness (QED) is 0.777. The number of rotatable bonds is 6. The van der Waals surface area contributed by atoms with E-state index in [2.05, 4.69) is 5.32 Å². The molecule has 0 heterocycles. The smallest absolute Gasteiger partial charge is 0.308 e. The summed E-state index contributed by atoms with van der Waals surface area (Å²) < 4.78 is 5.15. The summed E-state index contributed by atoms with van der Waals surface area (Å²) in [4.78, 5) is 23.3. The average molecular weight is 292 g/mol. The molecule has 0 bridgehead atoms. The third-order valence-corrected chi connectivity index (χ3v) is 2.68. The van der Waals surface area contributed by atoms with E-state index in [0.29, 0.717) is 6.42 Å². The predicted octanol–water partition coefficient (Wildman–Crippen LogP) is 1.40. The monoisotopic (exact) mass is 292 g/mol. The van der Waals surface area contributed by atoms with E-state index in [-0.39, 0.29) is 24.8 Å². The predicted molar refractivity (Wildman–Crippen MR) is 81.6 cm³/mol. The zero-order chi connectivity index (χ0) is 15.9. The molecule has 116 valence electrons. The van der Waals surface area contributed by atoms with Crippen LogP contribution >= 0.6 is 0 Å². The number of carbonyl (C=O) groups excluding carboxylic acids is 2. The van der Waals surface area contributed by atoms with E-state index in [4.69, 9.17) is 10.5 Å². The second-order valence-corrected chi connectivity index (χ2v) is 5.92. The molecule has 1 rings (SSSR count). The van der Waals surface area contributed by atoms with Crippen LogP contribution < -0.4 is 11.1 Å². The van der Waals surface area contributed by atoms with E-state index in [0.717, 1.165) is 5.56 Å². The minimum atomic E-state index is -0.619. The van der Waals surface area contributed by atoms with Gasteiger partial charge < -0.3 is 15.8 Å². The molecule has 0 saturated carbocycles. The van der Waals surface area contributed by atoms with E-state index in [9.17, 15) is 9.59 Å². The first-order valence-corrected chi connectivity index (χ1v) is 7.07. The minimum Gasteiger partial charge on any atom is -0.460 e. The number of carbonyl (C=O) groups is 2. The van der Waals surface area contributed by atoms with E-state index < -0.39 is 11.6 Å². The number of esters is 1. The fourth-order valence-corrected chi connectivity index (χ4v) is 1.77. The molecule has 21 heavy (non-hydrogen) atoms. The van der Waals surface area contributed by atoms with Gasteiger partial charge in [-0.05, 0) is 32.8 Å². The number of hydrogen-bond donors (Lipinski definition) is 2. The van der Waals surface area contributed by atoms with Gasteiger partial charge in [0.15, 0.2) is 0 Å². The third-order valence-electron chi connectivity index (χ3n) is 2.68. The first-order chi connectivity index (χ1) is 9.78. The zero-order valence-corrected chi connectivity index (χ0v) is 12.9. The van der Waals surface area contributed by atoms with Gasteiger partial charge in [0.05, 0.1) is 12.5 Å². The van der Waals surface area contributed by atoms with E-state index in [1.54, 1.807) is 20.8 Å². The van der Waals surface area contributed by atoms with Crippen LogP contribution in [0.4, 0.5) is 0 Å². The summed E-state index contributed by atoms with van der Waals surface area (Å²) in [7, 11) is 0. The minimum absolute atomic E-state index is 0.140. The van der Waals surface area contributed by atoms with Crippen molar-refractivity contribution < 1.29 is 14.3 Å². The Morgan fingerprint density at radius 2 is 1.86 bits per heavy atom. The molecular formula is C16H24N2O3. The molecule has 0 fully saturated rings. The molecule has 5 nitrogen and oxygen atoms in total. The van der Waals surface area contributed by atoms with E-state index in [1.807, 2.05) is 30.3 Å². The lowest BCUT2D eigenvalue weighted by Gasteiger charge is -2.19. The summed E-state index contributed by atoms with van der Waals surface area (Å²) in [5.41, 5.74) is 6.34. The molecule has 0 radical (unpaired) electrons. The van der Waals surface area contributed by atoms with Crippen molar-refractivity contribution in [1.82, 2.24) is 5.32 Å². The van der Waals surface area contributed by atoms with Crippen molar-refractivity contribution in [1.29, 1.82) is 0 Å². The highest BCUT2D eigenvalue weighted by atomic mass is 16.6. The highest BCUT2D eigenvalue weighted by Gasteiger charge is 2.17. The topological polar surface area (TPSA) is 81.4 Å². The maximum absolute atomic E-state index is 11.8. The van der Waals surface area contributed by atoms with Crippen molar-refractivity contribution in [3.8, 4) is 0 Å². The van der Waals surface area contributed by atoms with Gasteiger partial charge in [-0.3, -0.25) is 9.59 Å². The van der Waals surface area contributed by atoms with Crippen LogP contribution in [0.5, 0.6) is 0 Å². The Morgan fingerprint density at radius 1 is 1.24 bits per heavy atom. The number of nitrogens with one attached hydrogen (secondary N) is 1. The van der Waals surface area contributed by atoms with Crippen molar-refractivity contribution in [2.45, 2.75) is 45.3 Å². The van der Waals surface area contributed by atoms with Gasteiger partial charge in [-0.15, -0.1) is 0 Å². The fraction of sp³-hybridized carbons (Fsp3) is 0.500. The molecule has 0 aliphatic heterocycles. The van der Waals surface area contributed by atoms with Crippen LogP contribution in [-0.4, -0.2) is 30.1 Å². The number of nitrogens with two attached hydrogens (primary N) is 1. The van der Waals surface area contributed by atoms with E-state index in [1.165, 1.54) is 0 Å². The lowest BCUT2D eigenvalue weighted by molar-refractivity contribution is -0.154. The number of ether oxygens (including phenoxy) is 1. The Hall–Kier alpha value is -1.88. The first kappa shape index (κ1) is 17.2. The Kier molecular flexibility index (Phi) is 6.37. The highest BCUT2D eigenvalue weighted by molar-refractivity contribution is 5.82. The molecule has 0 unspecified atom stereocenters. The average Bonchev–Trinajstić information content (AvgIpc) is 2.37. The van der Waals surface area contributed by atoms with Gasteiger partial charge in [-0.2, -0.15) is 0 Å². The summed E-state index contributed by atoms with van der Waals surface area (Å²) in [6, 6.07) is 8.95. The van der Waals surface area contributed by atoms with Crippen molar-refractivity contribution in [2.75, 3.05) is 6.54 Å². The number of hydrogen-bond acceptors (Lipinski definition) is 4. The van der Waals surface area contributed by atoms with Crippen LogP contribution in [0.1, 0.15) is 32.8 Å². The maximum atomic E-state index is 11.8. The molecule has 1 aromatic carbocycles. The Balaban J connectivity index is 2.29. The molecular weight excluding hydrogens is 268 g/mol. The van der Waals surface area contributed by atoms with E-state index >= 15 is 0 Å². The van der Waals surface area contributed by atoms with Crippen molar-refractivity contribution in [2.24, 2.45) is 5.73 Å². The molecule has 1 aromatic rings. The van der Waals surface area contributed by atoms with Crippen LogP contribution in [0, 0.1) is 0 Å². The van der Waals surface area contributed by atoms with Crippen LogP contribution in [0.15, 0.2) is 30.3 Å². The molecule has 0 aromatic heterocycles. The molecule has 0 aliphatic rings. The van der Waals surface area contributed by atoms with Crippen LogP contribution in [0.2, 0.25) is 0 Å². The van der Waals surface area contributed by atoms with Gasteiger partial charge in [0, 0.05) is 6.54 Å². The largest absolute Gasteiger partial charge is 0.460 e. The fourth-order valence-electron chi connectivity index (χ4n) is 1.77. The molecule has 0 spiro atoms. The maximum Gasteiger partial charge on any atom is 0.308 e. The van der Waals surface area contributed by atoms with Crippen LogP contribution in [0.25, 0.3) is 0 Å². The van der Waals surface area contributed by atoms with Crippen molar-refractivity contribution in [3.63, 3.8) is 0 Å². The van der Waals surface area contributed by atoms with Crippen molar-refractivity contribution >= 4 is 11.9 Å². The van der Waals surface area contributed by atoms with Crippen LogP contribution in [0.3, 0.4) is 0 Å². The molecule has 1 atom stereocenters. The lowest BCUT2D eigenvalue weighted by atomic mass is 10.1. The van der Waals surface area contributed by atoms with Crippen molar-refractivity contribution in [3.05, 3.63) is 35.9 Å². The van der Waals surface area contributed by atoms with Gasteiger partial charge in [-0.25, -0.2) is 0 Å². The third kappa shape index (κ3) is 7.46. The SMILES string of the molecule is CC(C)(C)OC(=O)CCNC(=O)[C@@H](N)Cc1ccccc1. The van der Waals surface area contributed by atoms with Gasteiger partial charge in [-0.1, -0.05) is 30.3 Å². The summed E-state index contributed by atoms with van der Waals surface area (Å²) in [5.74, 6) is -0.596. The summed E-state index contributed by atoms with van der Waals surface area (Å²) in [6.45, 7) is 5.65. The Morgan fingerprint density at radius 3 is 2.43 bits per heavy atom. The summed E-state index contributed by atoms with van der Waals surface area (Å²) in [5, 5.41) is 2.65.